The highest BCUT2D eigenvalue weighted by molar-refractivity contribution is 8.13. The monoisotopic (exact) mass is 334 g/mol. The Morgan fingerprint density at radius 3 is 2.43 bits per heavy atom. The van der Waals surface area contributed by atoms with Crippen LogP contribution in [0.25, 0.3) is 0 Å². The molecule has 1 rings (SSSR count). The molecule has 0 spiro atoms. The van der Waals surface area contributed by atoms with Gasteiger partial charge in [0.2, 0.25) is 0 Å². The molecule has 0 bridgehead atoms. The first-order valence-electron chi connectivity index (χ1n) is 7.16. The average molecular weight is 335 g/mol. The Bertz CT molecular complexity index is 593. The fraction of sp³-hybridized carbons (Fsp3) is 0.643. The molecule has 120 valence electrons. The number of nitrogens with zero attached hydrogens (tertiary/aromatic N) is 1. The molecular weight excluding hydrogens is 312 g/mol. The third-order valence-corrected chi connectivity index (χ3v) is 4.73. The van der Waals surface area contributed by atoms with Crippen molar-refractivity contribution in [2.45, 2.75) is 58.0 Å². The predicted molar refractivity (Wildman–Crippen MR) is 84.1 cm³/mol. The Hall–Kier alpha value is -1.01. The highest BCUT2D eigenvalue weighted by Gasteiger charge is 2.22. The average Bonchev–Trinajstić information content (AvgIpc) is 2.79. The summed E-state index contributed by atoms with van der Waals surface area (Å²) < 4.78 is 24.5. The first-order chi connectivity index (χ1) is 9.70. The van der Waals surface area contributed by atoms with Crippen LogP contribution in [-0.4, -0.2) is 24.9 Å². The van der Waals surface area contributed by atoms with Crippen LogP contribution in [-0.2, 0) is 15.6 Å². The Morgan fingerprint density at radius 2 is 2.00 bits per heavy atom. The summed E-state index contributed by atoms with van der Waals surface area (Å²) in [6.07, 6.45) is 3.02. The Balaban J connectivity index is 3.10. The second-order valence-corrected chi connectivity index (χ2v) is 7.99. The predicted octanol–water partition coefficient (Wildman–Crippen LogP) is 2.99. The second-order valence-electron chi connectivity index (χ2n) is 5.42. The van der Waals surface area contributed by atoms with Crippen molar-refractivity contribution in [3.63, 3.8) is 0 Å². The normalized spacial score (nSPS) is 13.4. The maximum Gasteiger partial charge on any atom is 0.268 e. The number of aryl methyl sites for hydroxylation is 1. The topological polar surface area (TPSA) is 68.2 Å². The van der Waals surface area contributed by atoms with Crippen molar-refractivity contribution < 1.29 is 13.2 Å². The Kier molecular flexibility index (Phi) is 6.28. The van der Waals surface area contributed by atoms with E-state index in [2.05, 4.69) is 5.32 Å². The summed E-state index contributed by atoms with van der Waals surface area (Å²) in [5.74, 6) is 0.0420. The van der Waals surface area contributed by atoms with E-state index < -0.39 is 9.05 Å². The molecule has 0 aliphatic heterocycles. The molecule has 1 atom stereocenters. The second kappa shape index (κ2) is 7.31. The molecule has 0 aliphatic carbocycles. The smallest absolute Gasteiger partial charge is 0.268 e. The summed E-state index contributed by atoms with van der Waals surface area (Å²) in [5.41, 5.74) is 0.329. The van der Waals surface area contributed by atoms with E-state index in [-0.39, 0.29) is 16.8 Å². The van der Waals surface area contributed by atoms with Crippen LogP contribution in [0.4, 0.5) is 0 Å². The number of amides is 1. The summed E-state index contributed by atoms with van der Waals surface area (Å²) in [7, 11) is 1.52. The summed E-state index contributed by atoms with van der Waals surface area (Å²) in [6.45, 7) is 8.60. The Morgan fingerprint density at radius 1 is 1.38 bits per heavy atom. The lowest BCUT2D eigenvalue weighted by molar-refractivity contribution is 0.0915. The van der Waals surface area contributed by atoms with E-state index in [4.69, 9.17) is 10.7 Å². The fourth-order valence-electron chi connectivity index (χ4n) is 2.22. The van der Waals surface area contributed by atoms with Crippen LogP contribution in [0, 0.1) is 5.92 Å². The molecule has 7 heteroatoms. The van der Waals surface area contributed by atoms with Gasteiger partial charge >= 0.3 is 0 Å². The molecule has 0 saturated heterocycles. The molecule has 0 aromatic carbocycles. The standard InChI is InChI=1S/C14H23ClN2O3S/c1-5-7-17-9-11(21(15,19)20)8-13(17)14(18)16-12(6-2)10(3)4/h8-10,12H,5-7H2,1-4H3,(H,16,18). The van der Waals surface area contributed by atoms with Crippen LogP contribution in [0.5, 0.6) is 0 Å². The van der Waals surface area contributed by atoms with Crippen molar-refractivity contribution in [2.75, 3.05) is 0 Å². The molecule has 1 amide bonds. The van der Waals surface area contributed by atoms with Gasteiger partial charge in [-0.1, -0.05) is 27.7 Å². The summed E-state index contributed by atoms with van der Waals surface area (Å²) in [6, 6.07) is 1.39. The molecular formula is C14H23ClN2O3S. The van der Waals surface area contributed by atoms with Gasteiger partial charge < -0.3 is 9.88 Å². The van der Waals surface area contributed by atoms with E-state index >= 15 is 0 Å². The van der Waals surface area contributed by atoms with Gasteiger partial charge in [0, 0.05) is 29.5 Å². The third kappa shape index (κ3) is 4.74. The number of halogens is 1. The van der Waals surface area contributed by atoms with Gasteiger partial charge in [-0.25, -0.2) is 8.42 Å². The largest absolute Gasteiger partial charge is 0.348 e. The van der Waals surface area contributed by atoms with E-state index in [9.17, 15) is 13.2 Å². The molecule has 0 aliphatic rings. The molecule has 1 N–H and O–H groups in total. The van der Waals surface area contributed by atoms with E-state index in [0.29, 0.717) is 18.2 Å². The number of carbonyl (C=O) groups excluding carboxylic acids is 1. The lowest BCUT2D eigenvalue weighted by Crippen LogP contribution is -2.38. The maximum absolute atomic E-state index is 12.4. The van der Waals surface area contributed by atoms with E-state index in [0.717, 1.165) is 12.8 Å². The minimum absolute atomic E-state index is 0.0413. The van der Waals surface area contributed by atoms with Crippen LogP contribution in [0.2, 0.25) is 0 Å². The van der Waals surface area contributed by atoms with Crippen molar-refractivity contribution >= 4 is 25.6 Å². The number of aromatic nitrogens is 1. The molecule has 5 nitrogen and oxygen atoms in total. The van der Waals surface area contributed by atoms with Gasteiger partial charge in [-0.2, -0.15) is 0 Å². The van der Waals surface area contributed by atoms with Crippen molar-refractivity contribution in [1.82, 2.24) is 9.88 Å². The van der Waals surface area contributed by atoms with Crippen LogP contribution >= 0.6 is 10.7 Å². The SMILES string of the molecule is CCCn1cc(S(=O)(=O)Cl)cc1C(=O)NC(CC)C(C)C. The quantitative estimate of drug-likeness (QED) is 0.779. The van der Waals surface area contributed by atoms with Crippen LogP contribution < -0.4 is 5.32 Å². The van der Waals surface area contributed by atoms with Gasteiger partial charge in [-0.05, 0) is 24.8 Å². The van der Waals surface area contributed by atoms with Gasteiger partial charge in [-0.3, -0.25) is 4.79 Å². The molecule has 1 aromatic heterocycles. The van der Waals surface area contributed by atoms with Gasteiger partial charge in [0.15, 0.2) is 0 Å². The van der Waals surface area contributed by atoms with Crippen molar-refractivity contribution in [3.8, 4) is 0 Å². The molecule has 1 unspecified atom stereocenters. The van der Waals surface area contributed by atoms with Gasteiger partial charge in [0.25, 0.3) is 15.0 Å². The zero-order chi connectivity index (χ0) is 16.2. The van der Waals surface area contributed by atoms with Gasteiger partial charge in [0.05, 0.1) is 0 Å². The van der Waals surface area contributed by atoms with E-state index in [1.54, 1.807) is 4.57 Å². The molecule has 21 heavy (non-hydrogen) atoms. The summed E-state index contributed by atoms with van der Waals surface area (Å²) >= 11 is 0. The molecule has 0 saturated carbocycles. The fourth-order valence-corrected chi connectivity index (χ4v) is 2.97. The van der Waals surface area contributed by atoms with E-state index in [1.807, 2.05) is 27.7 Å². The number of carbonyl (C=O) groups is 1. The van der Waals surface area contributed by atoms with Crippen LogP contribution in [0.3, 0.4) is 0 Å². The number of nitrogens with one attached hydrogen (secondary N) is 1. The highest BCUT2D eigenvalue weighted by Crippen LogP contribution is 2.19. The molecule has 1 heterocycles. The first-order valence-corrected chi connectivity index (χ1v) is 9.47. The third-order valence-electron chi connectivity index (χ3n) is 3.41. The Labute approximate surface area is 131 Å². The molecule has 0 fully saturated rings. The highest BCUT2D eigenvalue weighted by atomic mass is 35.7. The van der Waals surface area contributed by atoms with Gasteiger partial charge in [-0.15, -0.1) is 0 Å². The lowest BCUT2D eigenvalue weighted by atomic mass is 10.0. The zero-order valence-electron chi connectivity index (χ0n) is 12.9. The lowest BCUT2D eigenvalue weighted by Gasteiger charge is -2.21. The summed E-state index contributed by atoms with van der Waals surface area (Å²) in [5, 5.41) is 2.95. The molecule has 0 radical (unpaired) electrons. The minimum atomic E-state index is -3.84. The maximum atomic E-state index is 12.4. The summed E-state index contributed by atoms with van der Waals surface area (Å²) in [4.78, 5) is 12.3. The van der Waals surface area contributed by atoms with Crippen molar-refractivity contribution in [2.24, 2.45) is 5.92 Å². The van der Waals surface area contributed by atoms with Crippen LogP contribution in [0.1, 0.15) is 51.0 Å². The number of rotatable bonds is 7. The number of hydrogen-bond donors (Lipinski definition) is 1. The van der Waals surface area contributed by atoms with Crippen molar-refractivity contribution in [3.05, 3.63) is 18.0 Å². The molecule has 1 aromatic rings. The van der Waals surface area contributed by atoms with E-state index in [1.165, 1.54) is 12.3 Å². The van der Waals surface area contributed by atoms with Gasteiger partial charge in [0.1, 0.15) is 10.6 Å². The number of hydrogen-bond acceptors (Lipinski definition) is 3. The minimum Gasteiger partial charge on any atom is -0.348 e. The zero-order valence-corrected chi connectivity index (χ0v) is 14.5. The van der Waals surface area contributed by atoms with Crippen molar-refractivity contribution in [1.29, 1.82) is 0 Å². The first kappa shape index (κ1) is 18.0. The van der Waals surface area contributed by atoms with Crippen LogP contribution in [0.15, 0.2) is 17.2 Å².